The maximum atomic E-state index is 12.7. The van der Waals surface area contributed by atoms with Gasteiger partial charge in [-0.05, 0) is 29.3 Å². The number of aromatic nitrogens is 1. The Kier molecular flexibility index (Phi) is 3.49. The van der Waals surface area contributed by atoms with Crippen molar-refractivity contribution in [2.75, 3.05) is 11.5 Å². The molecule has 0 radical (unpaired) electrons. The van der Waals surface area contributed by atoms with Crippen molar-refractivity contribution >= 4 is 37.4 Å². The number of pyridine rings is 1. The first-order chi connectivity index (χ1) is 11.5. The number of fused-ring (bicyclic) bond motifs is 3. The second-order valence-corrected chi connectivity index (χ2v) is 8.35. The summed E-state index contributed by atoms with van der Waals surface area (Å²) in [5.41, 5.74) is 1.11. The number of sulfone groups is 1. The summed E-state index contributed by atoms with van der Waals surface area (Å²) in [5, 5.41) is 5.77. The van der Waals surface area contributed by atoms with E-state index < -0.39 is 9.84 Å². The van der Waals surface area contributed by atoms with Crippen LogP contribution < -0.4 is 5.32 Å². The molecule has 3 aromatic rings. The highest BCUT2D eigenvalue weighted by Crippen LogP contribution is 2.27. The van der Waals surface area contributed by atoms with Crippen LogP contribution in [-0.2, 0) is 9.84 Å². The lowest BCUT2D eigenvalue weighted by Gasteiger charge is -2.13. The van der Waals surface area contributed by atoms with Crippen molar-refractivity contribution in [3.05, 3.63) is 54.2 Å². The van der Waals surface area contributed by atoms with Gasteiger partial charge in [0.15, 0.2) is 9.84 Å². The summed E-state index contributed by atoms with van der Waals surface area (Å²) in [6, 6.07) is 13.1. The third-order valence-corrected chi connectivity index (χ3v) is 6.19. The van der Waals surface area contributed by atoms with Gasteiger partial charge < -0.3 is 5.32 Å². The average Bonchev–Trinajstić information content (AvgIpc) is 2.92. The molecule has 2 aromatic carbocycles. The lowest BCUT2D eigenvalue weighted by molar-refractivity contribution is 0.0943. The molecule has 1 N–H and O–H groups in total. The Balaban J connectivity index is 1.79. The van der Waals surface area contributed by atoms with Crippen molar-refractivity contribution in [2.24, 2.45) is 0 Å². The second-order valence-electron chi connectivity index (χ2n) is 6.12. The molecule has 4 rings (SSSR count). The minimum atomic E-state index is -3.03. The van der Waals surface area contributed by atoms with Gasteiger partial charge in [-0.3, -0.25) is 9.78 Å². The maximum Gasteiger partial charge on any atom is 0.253 e. The Bertz CT molecular complexity index is 1060. The van der Waals surface area contributed by atoms with Gasteiger partial charge in [0.1, 0.15) is 0 Å². The van der Waals surface area contributed by atoms with Gasteiger partial charge in [-0.15, -0.1) is 0 Å². The molecule has 24 heavy (non-hydrogen) atoms. The van der Waals surface area contributed by atoms with Crippen LogP contribution in [0.2, 0.25) is 0 Å². The van der Waals surface area contributed by atoms with Crippen LogP contribution in [-0.4, -0.2) is 36.9 Å². The molecule has 5 nitrogen and oxygen atoms in total. The molecule has 0 spiro atoms. The van der Waals surface area contributed by atoms with Gasteiger partial charge in [0.05, 0.1) is 22.6 Å². The standard InChI is InChI=1S/C18H16N2O3S/c21-18(20-13-7-9-24(22,23)11-13)16-10-12-4-1-2-5-14(12)15-6-3-8-19-17(15)16/h1-6,8,10,13H,7,9,11H2,(H,20,21)/t13-/m0/s1. The quantitative estimate of drug-likeness (QED) is 0.726. The van der Waals surface area contributed by atoms with Crippen molar-refractivity contribution < 1.29 is 13.2 Å². The second kappa shape index (κ2) is 5.56. The summed E-state index contributed by atoms with van der Waals surface area (Å²) >= 11 is 0. The van der Waals surface area contributed by atoms with E-state index in [1.54, 1.807) is 6.20 Å². The molecule has 2 heterocycles. The van der Waals surface area contributed by atoms with Crippen molar-refractivity contribution in [3.63, 3.8) is 0 Å². The van der Waals surface area contributed by atoms with Crippen LogP contribution in [0.25, 0.3) is 21.7 Å². The number of carbonyl (C=O) groups excluding carboxylic acids is 1. The molecule has 0 saturated carbocycles. The summed E-state index contributed by atoms with van der Waals surface area (Å²) in [7, 11) is -3.03. The number of hydrogen-bond acceptors (Lipinski definition) is 4. The van der Waals surface area contributed by atoms with Crippen LogP contribution in [0.3, 0.4) is 0 Å². The number of nitrogens with zero attached hydrogens (tertiary/aromatic N) is 1. The highest BCUT2D eigenvalue weighted by atomic mass is 32.2. The predicted octanol–water partition coefficient (Wildman–Crippen LogP) is 2.30. The Morgan fingerprint density at radius 2 is 1.92 bits per heavy atom. The van der Waals surface area contributed by atoms with Crippen LogP contribution in [0.1, 0.15) is 16.8 Å². The van der Waals surface area contributed by atoms with Gasteiger partial charge in [0, 0.05) is 17.6 Å². The van der Waals surface area contributed by atoms with E-state index in [9.17, 15) is 13.2 Å². The largest absolute Gasteiger partial charge is 0.348 e. The van der Waals surface area contributed by atoms with Gasteiger partial charge >= 0.3 is 0 Å². The van der Waals surface area contributed by atoms with Gasteiger partial charge in [-0.2, -0.15) is 0 Å². The smallest absolute Gasteiger partial charge is 0.253 e. The normalized spacial score (nSPS) is 19.6. The van der Waals surface area contributed by atoms with E-state index in [1.165, 1.54) is 0 Å². The van der Waals surface area contributed by atoms with Gasteiger partial charge in [-0.25, -0.2) is 8.42 Å². The SMILES string of the molecule is O=C(N[C@H]1CCS(=O)(=O)C1)c1cc2ccccc2c2cccnc12. The minimum Gasteiger partial charge on any atom is -0.348 e. The van der Waals surface area contributed by atoms with Gasteiger partial charge in [-0.1, -0.05) is 30.3 Å². The Morgan fingerprint density at radius 3 is 2.71 bits per heavy atom. The fourth-order valence-corrected chi connectivity index (χ4v) is 4.95. The number of nitrogens with one attached hydrogen (secondary N) is 1. The lowest BCUT2D eigenvalue weighted by atomic mass is 10.00. The number of carbonyl (C=O) groups is 1. The first-order valence-electron chi connectivity index (χ1n) is 7.81. The number of amides is 1. The lowest BCUT2D eigenvalue weighted by Crippen LogP contribution is -2.35. The van der Waals surface area contributed by atoms with E-state index in [1.807, 2.05) is 42.5 Å². The Morgan fingerprint density at radius 1 is 1.12 bits per heavy atom. The fourth-order valence-electron chi connectivity index (χ4n) is 3.27. The third kappa shape index (κ3) is 2.63. The highest BCUT2D eigenvalue weighted by Gasteiger charge is 2.29. The fraction of sp³-hybridized carbons (Fsp3) is 0.222. The zero-order valence-electron chi connectivity index (χ0n) is 12.9. The summed E-state index contributed by atoms with van der Waals surface area (Å²) in [6.45, 7) is 0. The van der Waals surface area contributed by atoms with Crippen molar-refractivity contribution in [3.8, 4) is 0 Å². The van der Waals surface area contributed by atoms with Gasteiger partial charge in [0.2, 0.25) is 0 Å². The molecule has 0 aliphatic carbocycles. The summed E-state index contributed by atoms with van der Waals surface area (Å²) in [4.78, 5) is 17.1. The van der Waals surface area contributed by atoms with Crippen molar-refractivity contribution in [1.29, 1.82) is 0 Å². The topological polar surface area (TPSA) is 76.1 Å². The minimum absolute atomic E-state index is 0.0116. The van der Waals surface area contributed by atoms with E-state index in [0.717, 1.165) is 16.2 Å². The number of hydrogen-bond donors (Lipinski definition) is 1. The molecule has 1 atom stereocenters. The average molecular weight is 340 g/mol. The van der Waals surface area contributed by atoms with Crippen LogP contribution in [0, 0.1) is 0 Å². The molecular formula is C18H16N2O3S. The molecular weight excluding hydrogens is 324 g/mol. The molecule has 1 fully saturated rings. The van der Waals surface area contributed by atoms with E-state index >= 15 is 0 Å². The van der Waals surface area contributed by atoms with E-state index in [-0.39, 0.29) is 23.5 Å². The summed E-state index contributed by atoms with van der Waals surface area (Å²) < 4.78 is 23.2. The zero-order valence-corrected chi connectivity index (χ0v) is 13.7. The summed E-state index contributed by atoms with van der Waals surface area (Å²) in [6.07, 6.45) is 2.13. The van der Waals surface area contributed by atoms with E-state index in [4.69, 9.17) is 0 Å². The molecule has 1 amide bonds. The first-order valence-corrected chi connectivity index (χ1v) is 9.63. The maximum absolute atomic E-state index is 12.7. The van der Waals surface area contributed by atoms with E-state index in [0.29, 0.717) is 17.5 Å². The monoisotopic (exact) mass is 340 g/mol. The van der Waals surface area contributed by atoms with E-state index in [2.05, 4.69) is 10.3 Å². The molecule has 1 aliphatic rings. The first kappa shape index (κ1) is 15.1. The predicted molar refractivity (Wildman–Crippen MR) is 93.8 cm³/mol. The van der Waals surface area contributed by atoms with Crippen LogP contribution in [0.4, 0.5) is 0 Å². The highest BCUT2D eigenvalue weighted by molar-refractivity contribution is 7.91. The van der Waals surface area contributed by atoms with Crippen LogP contribution in [0.5, 0.6) is 0 Å². The third-order valence-electron chi connectivity index (χ3n) is 4.43. The Hall–Kier alpha value is -2.47. The molecule has 0 bridgehead atoms. The van der Waals surface area contributed by atoms with Crippen LogP contribution in [0.15, 0.2) is 48.7 Å². The van der Waals surface area contributed by atoms with Crippen molar-refractivity contribution in [1.82, 2.24) is 10.3 Å². The molecule has 1 aromatic heterocycles. The van der Waals surface area contributed by atoms with Crippen molar-refractivity contribution in [2.45, 2.75) is 12.5 Å². The molecule has 122 valence electrons. The Labute approximate surface area is 139 Å². The molecule has 1 saturated heterocycles. The molecule has 6 heteroatoms. The number of rotatable bonds is 2. The van der Waals surface area contributed by atoms with Gasteiger partial charge in [0.25, 0.3) is 5.91 Å². The molecule has 1 aliphatic heterocycles. The number of benzene rings is 2. The molecule has 0 unspecified atom stereocenters. The van der Waals surface area contributed by atoms with Crippen LogP contribution >= 0.6 is 0 Å². The zero-order chi connectivity index (χ0) is 16.7. The summed E-state index contributed by atoms with van der Waals surface area (Å²) in [5.74, 6) is -0.127.